The second-order valence-corrected chi connectivity index (χ2v) is 10.1. The van der Waals surface area contributed by atoms with E-state index in [0.717, 1.165) is 16.0 Å². The van der Waals surface area contributed by atoms with Crippen molar-refractivity contribution in [3.8, 4) is 11.5 Å². The molecular formula is C31H22BrClN2O5. The highest BCUT2D eigenvalue weighted by Gasteiger charge is 2.36. The Morgan fingerprint density at radius 3 is 2.27 bits per heavy atom. The second-order valence-electron chi connectivity index (χ2n) is 8.80. The first-order valence-electron chi connectivity index (χ1n) is 12.2. The van der Waals surface area contributed by atoms with Crippen molar-refractivity contribution in [3.63, 3.8) is 0 Å². The average molecular weight is 618 g/mol. The van der Waals surface area contributed by atoms with Crippen LogP contribution >= 0.6 is 27.5 Å². The predicted molar refractivity (Wildman–Crippen MR) is 156 cm³/mol. The zero-order chi connectivity index (χ0) is 28.1. The third-order valence-corrected chi connectivity index (χ3v) is 7.04. The van der Waals surface area contributed by atoms with Gasteiger partial charge in [-0.3, -0.25) is 14.9 Å². The van der Waals surface area contributed by atoms with Crippen LogP contribution in [0.25, 0.3) is 6.08 Å². The van der Waals surface area contributed by atoms with Crippen LogP contribution in [0.3, 0.4) is 0 Å². The van der Waals surface area contributed by atoms with E-state index >= 15 is 0 Å². The number of urea groups is 1. The number of carbonyl (C=O) groups is 3. The standard InChI is InChI=1S/C31H22BrClN2O5/c32-26-17-21(10-15-28(26)40-18-20-6-2-1-3-7-20)16-25-29(36)34-31(38)35(30(25)37)23-11-13-24(14-12-23)39-19-22-8-4-5-9-27(22)33/h1-17H,18-19H2,(H,34,36,38)/b25-16+. The van der Waals surface area contributed by atoms with Crippen molar-refractivity contribution in [2.75, 3.05) is 4.90 Å². The Bertz CT molecular complexity index is 1610. The molecule has 1 heterocycles. The summed E-state index contributed by atoms with van der Waals surface area (Å²) >= 11 is 9.66. The summed E-state index contributed by atoms with van der Waals surface area (Å²) in [7, 11) is 0. The van der Waals surface area contributed by atoms with Crippen LogP contribution in [-0.4, -0.2) is 17.8 Å². The largest absolute Gasteiger partial charge is 0.489 e. The molecule has 0 radical (unpaired) electrons. The van der Waals surface area contributed by atoms with E-state index < -0.39 is 17.8 Å². The first-order chi connectivity index (χ1) is 19.4. The zero-order valence-corrected chi connectivity index (χ0v) is 23.3. The molecule has 1 saturated heterocycles. The molecular weight excluding hydrogens is 596 g/mol. The number of benzene rings is 4. The van der Waals surface area contributed by atoms with Gasteiger partial charge in [0.2, 0.25) is 0 Å². The minimum absolute atomic E-state index is 0.177. The normalized spacial score (nSPS) is 14.3. The van der Waals surface area contributed by atoms with E-state index in [2.05, 4.69) is 21.2 Å². The SMILES string of the molecule is O=C1NC(=O)N(c2ccc(OCc3ccccc3Cl)cc2)C(=O)/C1=C/c1ccc(OCc2ccccc2)c(Br)c1. The molecule has 9 heteroatoms. The van der Waals surface area contributed by atoms with Gasteiger partial charge in [0.05, 0.1) is 10.2 Å². The summed E-state index contributed by atoms with van der Waals surface area (Å²) in [6, 6.07) is 27.9. The fourth-order valence-electron chi connectivity index (χ4n) is 3.99. The lowest BCUT2D eigenvalue weighted by molar-refractivity contribution is -0.122. The molecule has 1 fully saturated rings. The van der Waals surface area contributed by atoms with Gasteiger partial charge in [-0.2, -0.15) is 0 Å². The van der Waals surface area contributed by atoms with Crippen molar-refractivity contribution in [2.24, 2.45) is 0 Å². The molecule has 0 saturated carbocycles. The molecule has 4 aromatic carbocycles. The molecule has 200 valence electrons. The Morgan fingerprint density at radius 2 is 1.55 bits per heavy atom. The Balaban J connectivity index is 1.30. The van der Waals surface area contributed by atoms with Crippen molar-refractivity contribution in [2.45, 2.75) is 13.2 Å². The highest BCUT2D eigenvalue weighted by molar-refractivity contribution is 9.10. The summed E-state index contributed by atoms with van der Waals surface area (Å²) in [6.07, 6.45) is 1.43. The number of halogens is 2. The number of rotatable bonds is 8. The van der Waals surface area contributed by atoms with Crippen LogP contribution in [0, 0.1) is 0 Å². The number of anilines is 1. The van der Waals surface area contributed by atoms with Crippen LogP contribution in [-0.2, 0) is 22.8 Å². The summed E-state index contributed by atoms with van der Waals surface area (Å²) in [5, 5.41) is 2.83. The number of hydrogen-bond acceptors (Lipinski definition) is 5. The average Bonchev–Trinajstić information content (AvgIpc) is 2.95. The maximum Gasteiger partial charge on any atom is 0.335 e. The van der Waals surface area contributed by atoms with Gasteiger partial charge in [-0.1, -0.05) is 66.2 Å². The fourth-order valence-corrected chi connectivity index (χ4v) is 4.69. The van der Waals surface area contributed by atoms with Crippen LogP contribution in [0.15, 0.2) is 107 Å². The molecule has 0 unspecified atom stereocenters. The maximum atomic E-state index is 13.3. The van der Waals surface area contributed by atoms with Crippen LogP contribution in [0.2, 0.25) is 5.02 Å². The Labute approximate surface area is 244 Å². The van der Waals surface area contributed by atoms with Crippen molar-refractivity contribution < 1.29 is 23.9 Å². The first kappa shape index (κ1) is 27.2. The van der Waals surface area contributed by atoms with Crippen molar-refractivity contribution in [1.29, 1.82) is 0 Å². The highest BCUT2D eigenvalue weighted by Crippen LogP contribution is 2.29. The zero-order valence-electron chi connectivity index (χ0n) is 21.0. The van der Waals surface area contributed by atoms with E-state index in [9.17, 15) is 14.4 Å². The van der Waals surface area contributed by atoms with Crippen molar-refractivity contribution in [3.05, 3.63) is 129 Å². The molecule has 7 nitrogen and oxygen atoms in total. The lowest BCUT2D eigenvalue weighted by Gasteiger charge is -2.26. The molecule has 5 rings (SSSR count). The summed E-state index contributed by atoms with van der Waals surface area (Å²) in [6.45, 7) is 0.650. The molecule has 0 aliphatic carbocycles. The van der Waals surface area contributed by atoms with Crippen LogP contribution < -0.4 is 19.7 Å². The monoisotopic (exact) mass is 616 g/mol. The van der Waals surface area contributed by atoms with Gasteiger partial charge in [0.25, 0.3) is 11.8 Å². The highest BCUT2D eigenvalue weighted by atomic mass is 79.9. The van der Waals surface area contributed by atoms with Gasteiger partial charge in [0.15, 0.2) is 0 Å². The van der Waals surface area contributed by atoms with Gasteiger partial charge in [-0.05, 0) is 75.6 Å². The molecule has 4 amide bonds. The molecule has 0 atom stereocenters. The van der Waals surface area contributed by atoms with E-state index in [0.29, 0.717) is 33.2 Å². The quantitative estimate of drug-likeness (QED) is 0.171. The van der Waals surface area contributed by atoms with Crippen molar-refractivity contribution in [1.82, 2.24) is 5.32 Å². The second kappa shape index (κ2) is 12.2. The predicted octanol–water partition coefficient (Wildman–Crippen LogP) is 6.93. The van der Waals surface area contributed by atoms with E-state index in [1.807, 2.05) is 48.5 Å². The first-order valence-corrected chi connectivity index (χ1v) is 13.4. The van der Waals surface area contributed by atoms with Gasteiger partial charge in [-0.25, -0.2) is 9.69 Å². The van der Waals surface area contributed by atoms with E-state index in [-0.39, 0.29) is 17.9 Å². The topological polar surface area (TPSA) is 84.9 Å². The van der Waals surface area contributed by atoms with Crippen LogP contribution in [0.5, 0.6) is 11.5 Å². The Morgan fingerprint density at radius 1 is 0.825 bits per heavy atom. The summed E-state index contributed by atoms with van der Waals surface area (Å²) in [5.41, 5.74) is 2.54. The number of imide groups is 2. The number of hydrogen-bond donors (Lipinski definition) is 1. The van der Waals surface area contributed by atoms with E-state index in [1.54, 1.807) is 48.5 Å². The molecule has 1 aliphatic rings. The fraction of sp³-hybridized carbons (Fsp3) is 0.0645. The van der Waals surface area contributed by atoms with Gasteiger partial charge < -0.3 is 9.47 Å². The van der Waals surface area contributed by atoms with Gasteiger partial charge in [-0.15, -0.1) is 0 Å². The molecule has 4 aromatic rings. The van der Waals surface area contributed by atoms with E-state index in [4.69, 9.17) is 21.1 Å². The molecule has 1 aliphatic heterocycles. The molecule has 40 heavy (non-hydrogen) atoms. The lowest BCUT2D eigenvalue weighted by atomic mass is 10.1. The lowest BCUT2D eigenvalue weighted by Crippen LogP contribution is -2.54. The molecule has 0 bridgehead atoms. The van der Waals surface area contributed by atoms with Gasteiger partial charge >= 0.3 is 6.03 Å². The number of amides is 4. The number of carbonyl (C=O) groups excluding carboxylic acids is 3. The summed E-state index contributed by atoms with van der Waals surface area (Å²) in [5.74, 6) is -0.371. The number of nitrogens with one attached hydrogen (secondary N) is 1. The third kappa shape index (κ3) is 6.25. The number of barbiturate groups is 1. The maximum absolute atomic E-state index is 13.3. The third-order valence-electron chi connectivity index (χ3n) is 6.05. The Hall–Kier alpha value is -4.40. The van der Waals surface area contributed by atoms with Crippen molar-refractivity contribution >= 4 is 57.1 Å². The number of nitrogens with zero attached hydrogens (tertiary/aromatic N) is 1. The smallest absolute Gasteiger partial charge is 0.335 e. The van der Waals surface area contributed by atoms with Gasteiger partial charge in [0, 0.05) is 10.6 Å². The van der Waals surface area contributed by atoms with E-state index in [1.165, 1.54) is 6.08 Å². The Kier molecular flexibility index (Phi) is 8.28. The summed E-state index contributed by atoms with van der Waals surface area (Å²) in [4.78, 5) is 39.4. The molecule has 1 N–H and O–H groups in total. The van der Waals surface area contributed by atoms with Crippen LogP contribution in [0.1, 0.15) is 16.7 Å². The number of ether oxygens (including phenoxy) is 2. The minimum atomic E-state index is -0.831. The van der Waals surface area contributed by atoms with Crippen LogP contribution in [0.4, 0.5) is 10.5 Å². The summed E-state index contributed by atoms with van der Waals surface area (Å²) < 4.78 is 12.3. The molecule has 0 spiro atoms. The minimum Gasteiger partial charge on any atom is -0.489 e. The van der Waals surface area contributed by atoms with Gasteiger partial charge in [0.1, 0.15) is 30.3 Å². The molecule has 0 aromatic heterocycles.